The second-order valence-electron chi connectivity index (χ2n) is 6.18. The van der Waals surface area contributed by atoms with Crippen LogP contribution in [0.15, 0.2) is 24.3 Å². The number of hydrogen-bond donors (Lipinski definition) is 4. The van der Waals surface area contributed by atoms with E-state index in [1.807, 2.05) is 0 Å². The lowest BCUT2D eigenvalue weighted by molar-refractivity contribution is -0.149. The zero-order chi connectivity index (χ0) is 18.6. The molecule has 0 spiro atoms. The van der Waals surface area contributed by atoms with E-state index in [1.165, 1.54) is 24.0 Å². The minimum absolute atomic E-state index is 0.0841. The summed E-state index contributed by atoms with van der Waals surface area (Å²) in [5.41, 5.74) is 0.696. The van der Waals surface area contributed by atoms with Gasteiger partial charge >= 0.3 is 11.9 Å². The predicted molar refractivity (Wildman–Crippen MR) is 88.2 cm³/mol. The van der Waals surface area contributed by atoms with Crippen LogP contribution >= 0.6 is 0 Å². The lowest BCUT2D eigenvalue weighted by atomic mass is 10.0. The maximum atomic E-state index is 12.5. The van der Waals surface area contributed by atoms with E-state index in [0.717, 1.165) is 0 Å². The van der Waals surface area contributed by atoms with Gasteiger partial charge in [0.1, 0.15) is 17.8 Å². The van der Waals surface area contributed by atoms with Gasteiger partial charge in [0.25, 0.3) is 0 Å². The van der Waals surface area contributed by atoms with Gasteiger partial charge < -0.3 is 20.2 Å². The van der Waals surface area contributed by atoms with E-state index in [-0.39, 0.29) is 12.2 Å². The Morgan fingerprint density at radius 3 is 2.44 bits per heavy atom. The molecule has 0 saturated carbocycles. The maximum absolute atomic E-state index is 12.5. The van der Waals surface area contributed by atoms with Crippen molar-refractivity contribution in [3.8, 4) is 5.75 Å². The molecule has 1 aromatic rings. The van der Waals surface area contributed by atoms with E-state index < -0.39 is 36.0 Å². The number of carboxylic acids is 2. The number of benzene rings is 1. The van der Waals surface area contributed by atoms with Gasteiger partial charge in [0.05, 0.1) is 6.04 Å². The first-order valence-corrected chi connectivity index (χ1v) is 8.09. The van der Waals surface area contributed by atoms with Crippen molar-refractivity contribution in [1.82, 2.24) is 10.2 Å². The highest BCUT2D eigenvalue weighted by molar-refractivity contribution is 5.88. The van der Waals surface area contributed by atoms with Crippen molar-refractivity contribution < 1.29 is 29.7 Å². The molecule has 0 aliphatic carbocycles. The number of phenolic OH excluding ortho intramolecular Hbond substituents is 1. The summed E-state index contributed by atoms with van der Waals surface area (Å²) in [6.45, 7) is 1.89. The molecule has 1 aliphatic heterocycles. The summed E-state index contributed by atoms with van der Waals surface area (Å²) in [5, 5.41) is 30.6. The molecule has 0 radical (unpaired) electrons. The molecule has 25 heavy (non-hydrogen) atoms. The molecule has 0 aromatic heterocycles. The number of likely N-dealkylation sites (tertiary alicyclic amines) is 1. The topological polar surface area (TPSA) is 127 Å². The average Bonchev–Trinajstić information content (AvgIpc) is 3.05. The molecular formula is C17H22N2O6. The Hall–Kier alpha value is -2.61. The largest absolute Gasteiger partial charge is 0.508 e. The summed E-state index contributed by atoms with van der Waals surface area (Å²) in [4.78, 5) is 36.5. The average molecular weight is 350 g/mol. The molecule has 4 N–H and O–H groups in total. The van der Waals surface area contributed by atoms with Crippen molar-refractivity contribution in [2.45, 2.75) is 44.3 Å². The van der Waals surface area contributed by atoms with Gasteiger partial charge in [-0.25, -0.2) is 4.79 Å². The molecular weight excluding hydrogens is 328 g/mol. The van der Waals surface area contributed by atoms with Crippen LogP contribution in [0.4, 0.5) is 0 Å². The minimum Gasteiger partial charge on any atom is -0.508 e. The molecule has 136 valence electrons. The minimum atomic E-state index is -1.11. The Balaban J connectivity index is 2.03. The number of aromatic hydroxyl groups is 1. The van der Waals surface area contributed by atoms with Crippen molar-refractivity contribution in [3.63, 3.8) is 0 Å². The fourth-order valence-electron chi connectivity index (χ4n) is 2.99. The van der Waals surface area contributed by atoms with E-state index in [4.69, 9.17) is 0 Å². The number of carbonyl (C=O) groups is 3. The summed E-state index contributed by atoms with van der Waals surface area (Å²) in [5.74, 6) is -2.48. The number of carboxylic acid groups (broad SMARTS) is 2. The predicted octanol–water partition coefficient (Wildman–Crippen LogP) is 0.442. The number of carbonyl (C=O) groups excluding carboxylic acids is 1. The molecule has 1 aliphatic rings. The quantitative estimate of drug-likeness (QED) is 0.562. The second kappa shape index (κ2) is 7.98. The Kier molecular flexibility index (Phi) is 5.97. The van der Waals surface area contributed by atoms with E-state index in [1.54, 1.807) is 12.1 Å². The lowest BCUT2D eigenvalue weighted by Crippen LogP contribution is -2.53. The third-order valence-electron chi connectivity index (χ3n) is 4.32. The number of hydrogen-bond acceptors (Lipinski definition) is 5. The highest BCUT2D eigenvalue weighted by Gasteiger charge is 2.36. The van der Waals surface area contributed by atoms with Gasteiger partial charge in [-0.2, -0.15) is 0 Å². The van der Waals surface area contributed by atoms with Crippen molar-refractivity contribution in [1.29, 1.82) is 0 Å². The van der Waals surface area contributed by atoms with Crippen molar-refractivity contribution in [2.75, 3.05) is 6.54 Å². The Bertz CT molecular complexity index is 645. The molecule has 1 fully saturated rings. The Morgan fingerprint density at radius 2 is 1.88 bits per heavy atom. The molecule has 2 rings (SSSR count). The number of phenols is 1. The van der Waals surface area contributed by atoms with Gasteiger partial charge in [0.2, 0.25) is 5.91 Å². The van der Waals surface area contributed by atoms with Gasteiger partial charge in [-0.05, 0) is 43.9 Å². The Morgan fingerprint density at radius 1 is 1.24 bits per heavy atom. The van der Waals surface area contributed by atoms with Crippen LogP contribution in [-0.2, 0) is 20.8 Å². The number of aliphatic carboxylic acids is 2. The summed E-state index contributed by atoms with van der Waals surface area (Å²) in [6, 6.07) is 3.47. The summed E-state index contributed by atoms with van der Waals surface area (Å²) < 4.78 is 0. The van der Waals surface area contributed by atoms with Crippen LogP contribution in [0.3, 0.4) is 0 Å². The fraction of sp³-hybridized carbons (Fsp3) is 0.471. The highest BCUT2D eigenvalue weighted by Crippen LogP contribution is 2.19. The van der Waals surface area contributed by atoms with E-state index in [2.05, 4.69) is 5.32 Å². The molecule has 1 aromatic carbocycles. The maximum Gasteiger partial charge on any atom is 0.326 e. The third kappa shape index (κ3) is 4.69. The van der Waals surface area contributed by atoms with E-state index in [0.29, 0.717) is 24.9 Å². The third-order valence-corrected chi connectivity index (χ3v) is 4.32. The summed E-state index contributed by atoms with van der Waals surface area (Å²) in [6.07, 6.45) is 1.16. The van der Waals surface area contributed by atoms with Crippen molar-refractivity contribution in [3.05, 3.63) is 29.8 Å². The SMILES string of the molecule is C[C@H](NC(Cc1ccc(O)cc1)C(=O)O)C(=O)N1CCC[C@H]1C(=O)O. The monoisotopic (exact) mass is 350 g/mol. The zero-order valence-electron chi connectivity index (χ0n) is 13.9. The van der Waals surface area contributed by atoms with Crippen molar-refractivity contribution in [2.24, 2.45) is 0 Å². The summed E-state index contributed by atoms with van der Waals surface area (Å²) >= 11 is 0. The van der Waals surface area contributed by atoms with Crippen LogP contribution in [0.2, 0.25) is 0 Å². The van der Waals surface area contributed by atoms with Crippen LogP contribution in [0.25, 0.3) is 0 Å². The molecule has 1 heterocycles. The van der Waals surface area contributed by atoms with Gasteiger partial charge in [-0.3, -0.25) is 14.9 Å². The first-order valence-electron chi connectivity index (χ1n) is 8.09. The van der Waals surface area contributed by atoms with Crippen LogP contribution in [-0.4, -0.2) is 62.7 Å². The smallest absolute Gasteiger partial charge is 0.326 e. The lowest BCUT2D eigenvalue weighted by Gasteiger charge is -2.27. The zero-order valence-corrected chi connectivity index (χ0v) is 13.9. The number of nitrogens with one attached hydrogen (secondary N) is 1. The van der Waals surface area contributed by atoms with Crippen molar-refractivity contribution >= 4 is 17.8 Å². The van der Waals surface area contributed by atoms with E-state index >= 15 is 0 Å². The number of amides is 1. The van der Waals surface area contributed by atoms with Crippen LogP contribution in [0, 0.1) is 0 Å². The molecule has 8 heteroatoms. The van der Waals surface area contributed by atoms with Gasteiger partial charge in [-0.1, -0.05) is 12.1 Å². The number of rotatable bonds is 7. The fourth-order valence-corrected chi connectivity index (χ4v) is 2.99. The molecule has 1 unspecified atom stereocenters. The van der Waals surface area contributed by atoms with Crippen LogP contribution in [0.5, 0.6) is 5.75 Å². The molecule has 1 saturated heterocycles. The molecule has 0 bridgehead atoms. The molecule has 3 atom stereocenters. The van der Waals surface area contributed by atoms with Gasteiger partial charge in [0, 0.05) is 6.54 Å². The first kappa shape index (κ1) is 18.7. The Labute approximate surface area is 145 Å². The van der Waals surface area contributed by atoms with Gasteiger partial charge in [-0.15, -0.1) is 0 Å². The number of nitrogens with zero attached hydrogens (tertiary/aromatic N) is 1. The normalized spacial score (nSPS) is 19.4. The second-order valence-corrected chi connectivity index (χ2v) is 6.18. The summed E-state index contributed by atoms with van der Waals surface area (Å²) in [7, 11) is 0. The van der Waals surface area contributed by atoms with E-state index in [9.17, 15) is 29.7 Å². The molecule has 1 amide bonds. The van der Waals surface area contributed by atoms with Crippen LogP contribution < -0.4 is 5.32 Å². The molecule has 8 nitrogen and oxygen atoms in total. The van der Waals surface area contributed by atoms with Crippen LogP contribution in [0.1, 0.15) is 25.3 Å². The van der Waals surface area contributed by atoms with Gasteiger partial charge in [0.15, 0.2) is 0 Å². The first-order chi connectivity index (χ1) is 11.8. The standard InChI is InChI=1S/C17H22N2O6/c1-10(15(21)19-8-2-3-14(19)17(24)25)18-13(16(22)23)9-11-4-6-12(20)7-5-11/h4-7,10,13-14,18,20H,2-3,8-9H2,1H3,(H,22,23)(H,24,25)/t10-,13?,14-/m0/s1. The highest BCUT2D eigenvalue weighted by atomic mass is 16.4.